The number of likely N-dealkylation sites (tertiary alicyclic amines) is 1. The molecule has 370 valence electrons. The topological polar surface area (TPSA) is 199 Å². The fraction of sp³-hybridized carbons (Fsp3) is 0.491. The molecule has 3 aromatic heterocycles. The number of piperidine rings is 1. The summed E-state index contributed by atoms with van der Waals surface area (Å²) < 4.78 is 37.5. The summed E-state index contributed by atoms with van der Waals surface area (Å²) in [7, 11) is -3.20. The number of imidazole rings is 1. The number of nitrogens with one attached hydrogen (secondary N) is 5. The van der Waals surface area contributed by atoms with Crippen molar-refractivity contribution in [3.63, 3.8) is 0 Å². The van der Waals surface area contributed by atoms with Gasteiger partial charge in [0, 0.05) is 55.1 Å². The monoisotopic (exact) mass is 970 g/mol. The Hall–Kier alpha value is -5.72. The molecular weight excluding hydrogens is 905 g/mol. The van der Waals surface area contributed by atoms with Crippen LogP contribution in [0.25, 0.3) is 22.1 Å². The number of hydrogen-bond donors (Lipinski definition) is 6. The standard InChI is InChI=1S/C53H66N10O6S/c1-33(2)38-8-5-6-9-39(38)41-10-7-21-62(41)37-29-53(30-37)18-22-61(23-19-53)36-11-12-40(42(27-36)63-24-25-69-51-44(63)26-35-15-20-54-49(35)58-51)50(64)59-70(67,68)45-28-43(60(4)66)46(48-47(45)56-32-57-48)55-31-34-13-16-52(3,65)17-14-34/h5-6,8-9,11-12,15,20,26-28,32-34,37,41,55,60,65H,7,10,13-14,16-19,21-25,29-31H2,1-4H3,(H,54,58)(H,56,57)(H,59,64)/t34-,41-,52-/m0/s1. The normalized spacial score (nSPS) is 23.4. The molecule has 1 spiro atoms. The van der Waals surface area contributed by atoms with Crippen molar-refractivity contribution in [3.8, 4) is 5.88 Å². The molecule has 6 aromatic rings. The summed E-state index contributed by atoms with van der Waals surface area (Å²) in [5.74, 6) is 0.360. The highest BCUT2D eigenvalue weighted by Gasteiger charge is 2.50. The number of fused-ring (bicyclic) bond motifs is 3. The molecule has 6 N–H and O–H groups in total. The first-order valence-corrected chi connectivity index (χ1v) is 26.8. The van der Waals surface area contributed by atoms with Gasteiger partial charge in [-0.05, 0) is 136 Å². The lowest BCUT2D eigenvalue weighted by Gasteiger charge is -2.56. The number of pyridine rings is 1. The predicted molar refractivity (Wildman–Crippen MR) is 273 cm³/mol. The molecule has 3 aromatic carbocycles. The van der Waals surface area contributed by atoms with Crippen LogP contribution < -0.4 is 29.6 Å². The highest BCUT2D eigenvalue weighted by molar-refractivity contribution is 7.90. The zero-order valence-corrected chi connectivity index (χ0v) is 41.5. The summed E-state index contributed by atoms with van der Waals surface area (Å²) >= 11 is 0. The van der Waals surface area contributed by atoms with Gasteiger partial charge in [0.15, 0.2) is 5.69 Å². The number of amides is 1. The van der Waals surface area contributed by atoms with Crippen LogP contribution in [-0.2, 0) is 10.0 Å². The van der Waals surface area contributed by atoms with Crippen LogP contribution >= 0.6 is 0 Å². The minimum atomic E-state index is -4.59. The van der Waals surface area contributed by atoms with Crippen LogP contribution in [-0.4, -0.2) is 102 Å². The molecule has 5 aliphatic rings. The van der Waals surface area contributed by atoms with E-state index in [1.54, 1.807) is 6.07 Å². The summed E-state index contributed by atoms with van der Waals surface area (Å²) in [5.41, 5.74) is 6.72. The zero-order valence-electron chi connectivity index (χ0n) is 40.7. The van der Waals surface area contributed by atoms with E-state index in [-0.39, 0.29) is 32.6 Å². The number of aromatic amines is 2. The summed E-state index contributed by atoms with van der Waals surface area (Å²) in [5, 5.41) is 27.7. The Bertz CT molecular complexity index is 3030. The molecule has 11 rings (SSSR count). The van der Waals surface area contributed by atoms with Crippen LogP contribution in [0.2, 0.25) is 0 Å². The van der Waals surface area contributed by atoms with Gasteiger partial charge in [0.25, 0.3) is 15.9 Å². The van der Waals surface area contributed by atoms with Crippen LogP contribution in [0.5, 0.6) is 5.88 Å². The molecule has 3 aliphatic heterocycles. The van der Waals surface area contributed by atoms with Crippen molar-refractivity contribution < 1.29 is 28.1 Å². The second kappa shape index (κ2) is 18.2. The number of quaternary nitrogens is 1. The highest BCUT2D eigenvalue weighted by atomic mass is 32.2. The van der Waals surface area contributed by atoms with Crippen molar-refractivity contribution in [1.29, 1.82) is 0 Å². The van der Waals surface area contributed by atoms with Gasteiger partial charge in [-0.1, -0.05) is 38.1 Å². The summed E-state index contributed by atoms with van der Waals surface area (Å²) in [6.07, 6.45) is 13.3. The van der Waals surface area contributed by atoms with E-state index in [1.165, 1.54) is 56.3 Å². The molecule has 1 amide bonds. The molecule has 1 unspecified atom stereocenters. The Kier molecular flexibility index (Phi) is 12.1. The molecule has 0 radical (unpaired) electrons. The number of sulfonamides is 1. The van der Waals surface area contributed by atoms with E-state index in [1.807, 2.05) is 42.3 Å². The maximum atomic E-state index is 14.7. The molecule has 2 atom stereocenters. The van der Waals surface area contributed by atoms with E-state index in [0.717, 1.165) is 56.4 Å². The molecule has 2 saturated carbocycles. The predicted octanol–water partition coefficient (Wildman–Crippen LogP) is 7.80. The second-order valence-electron chi connectivity index (χ2n) is 21.4. The average molecular weight is 971 g/mol. The number of H-pyrrole nitrogens is 2. The quantitative estimate of drug-likeness (QED) is 0.0652. The molecule has 70 heavy (non-hydrogen) atoms. The Balaban J connectivity index is 0.854. The number of anilines is 4. The van der Waals surface area contributed by atoms with Gasteiger partial charge in [-0.25, -0.2) is 18.1 Å². The van der Waals surface area contributed by atoms with Gasteiger partial charge in [-0.15, -0.1) is 0 Å². The second-order valence-corrected chi connectivity index (χ2v) is 23.0. The van der Waals surface area contributed by atoms with Crippen molar-refractivity contribution in [1.82, 2.24) is 29.6 Å². The Morgan fingerprint density at radius 3 is 2.54 bits per heavy atom. The average Bonchev–Trinajstić information content (AvgIpc) is 4.14. The molecule has 16 nitrogen and oxygen atoms in total. The number of rotatable bonds is 12. The molecule has 6 heterocycles. The van der Waals surface area contributed by atoms with E-state index in [0.29, 0.717) is 90.1 Å². The largest absolute Gasteiger partial charge is 0.629 e. The molecule has 4 fully saturated rings. The smallest absolute Gasteiger partial charge is 0.267 e. The van der Waals surface area contributed by atoms with Gasteiger partial charge in [0.1, 0.15) is 34.0 Å². The lowest BCUT2D eigenvalue weighted by molar-refractivity contribution is -0.750. The van der Waals surface area contributed by atoms with Gasteiger partial charge < -0.3 is 45.2 Å². The molecule has 2 aliphatic carbocycles. The van der Waals surface area contributed by atoms with E-state index in [4.69, 9.17) is 9.72 Å². The first-order chi connectivity index (χ1) is 33.7. The van der Waals surface area contributed by atoms with Gasteiger partial charge >= 0.3 is 0 Å². The van der Waals surface area contributed by atoms with Crippen LogP contribution in [0.15, 0.2) is 78.1 Å². The Morgan fingerprint density at radius 1 is 0.986 bits per heavy atom. The van der Waals surface area contributed by atoms with Crippen LogP contribution in [0.1, 0.15) is 118 Å². The molecular formula is C53H66N10O6S. The molecule has 0 bridgehead atoms. The minimum absolute atomic E-state index is 0.107. The fourth-order valence-electron chi connectivity index (χ4n) is 12.4. The third kappa shape index (κ3) is 8.67. The number of hydrogen-bond acceptors (Lipinski definition) is 12. The van der Waals surface area contributed by atoms with Gasteiger partial charge in [0.05, 0.1) is 42.3 Å². The third-order valence-electron chi connectivity index (χ3n) is 16.4. The summed E-state index contributed by atoms with van der Waals surface area (Å²) in [4.78, 5) is 37.0. The van der Waals surface area contributed by atoms with Crippen molar-refractivity contribution in [2.75, 3.05) is 61.5 Å². The number of aliphatic hydroxyl groups is 1. The van der Waals surface area contributed by atoms with Crippen LogP contribution in [0.4, 0.5) is 28.4 Å². The van der Waals surface area contributed by atoms with Gasteiger partial charge in [-0.2, -0.15) is 4.98 Å². The van der Waals surface area contributed by atoms with Crippen LogP contribution in [0, 0.1) is 16.5 Å². The van der Waals surface area contributed by atoms with Crippen LogP contribution in [0.3, 0.4) is 0 Å². The SMILES string of the molecule is CC(C)c1ccccc1[C@@H]1CCCN1C1CC2(CCN(c3ccc(C(=O)NS(=O)(=O)c4cc([NH+](C)[O-])c(NC[C@H]5CC[C@](C)(O)CC5)c5[nH]cnc45)c(N4CCOc5nc6[nH]ccc6cc54)c3)CC2)C1. The summed E-state index contributed by atoms with van der Waals surface area (Å²) in [6.45, 7) is 10.6. The van der Waals surface area contributed by atoms with E-state index >= 15 is 0 Å². The highest BCUT2D eigenvalue weighted by Crippen LogP contribution is 2.54. The first-order valence-electron chi connectivity index (χ1n) is 25.3. The van der Waals surface area contributed by atoms with Crippen molar-refractivity contribution in [2.45, 2.75) is 113 Å². The molecule has 2 saturated heterocycles. The number of carbonyl (C=O) groups is 1. The van der Waals surface area contributed by atoms with Crippen molar-refractivity contribution in [2.24, 2.45) is 11.3 Å². The Morgan fingerprint density at radius 2 is 1.77 bits per heavy atom. The number of benzene rings is 3. The number of carbonyl (C=O) groups excluding carboxylic acids is 1. The molecule has 17 heteroatoms. The Labute approximate surface area is 409 Å². The lowest BCUT2D eigenvalue weighted by Crippen LogP contribution is -2.98. The number of hydroxylamine groups is 1. The number of nitrogens with zero attached hydrogens (tertiary/aromatic N) is 5. The third-order valence-corrected chi connectivity index (χ3v) is 17.8. The van der Waals surface area contributed by atoms with E-state index < -0.39 is 21.5 Å². The fourth-order valence-corrected chi connectivity index (χ4v) is 13.6. The minimum Gasteiger partial charge on any atom is -0.629 e. The maximum absolute atomic E-state index is 14.7. The lowest BCUT2D eigenvalue weighted by atomic mass is 9.59. The van der Waals surface area contributed by atoms with Crippen molar-refractivity contribution in [3.05, 3.63) is 95.1 Å². The first kappa shape index (κ1) is 46.7. The van der Waals surface area contributed by atoms with Crippen molar-refractivity contribution >= 4 is 66.4 Å². The number of aromatic nitrogens is 4. The number of ether oxygens (including phenoxy) is 1. The van der Waals surface area contributed by atoms with Gasteiger partial charge in [-0.3, -0.25) is 9.69 Å². The maximum Gasteiger partial charge on any atom is 0.267 e. The van der Waals surface area contributed by atoms with Gasteiger partial charge in [0.2, 0.25) is 5.88 Å². The zero-order chi connectivity index (χ0) is 48.5. The summed E-state index contributed by atoms with van der Waals surface area (Å²) in [6, 6.07) is 21.0. The van der Waals surface area contributed by atoms with E-state index in [2.05, 4.69) is 72.9 Å². The van der Waals surface area contributed by atoms with E-state index in [9.17, 15) is 23.5 Å².